The number of hydrogen-bond donors (Lipinski definition) is 2. The maximum Gasteiger partial charge on any atom is 0.0591 e. The van der Waals surface area contributed by atoms with Crippen LogP contribution in [-0.4, -0.2) is 39.4 Å². The highest BCUT2D eigenvalue weighted by Crippen LogP contribution is 2.26. The first-order valence-corrected chi connectivity index (χ1v) is 5.41. The fourth-order valence-corrected chi connectivity index (χ4v) is 2.30. The van der Waals surface area contributed by atoms with Gasteiger partial charge >= 0.3 is 0 Å². The van der Waals surface area contributed by atoms with Crippen LogP contribution in [0.25, 0.3) is 0 Å². The molecule has 2 aliphatic rings. The fourth-order valence-electron chi connectivity index (χ4n) is 2.30. The summed E-state index contributed by atoms with van der Waals surface area (Å²) in [6.07, 6.45) is 3.98. The highest BCUT2D eigenvalue weighted by molar-refractivity contribution is 4.87. The Kier molecular flexibility index (Phi) is 3.19. The van der Waals surface area contributed by atoms with E-state index in [9.17, 15) is 0 Å². The molecule has 2 saturated heterocycles. The Balaban J connectivity index is 1.97. The van der Waals surface area contributed by atoms with E-state index in [0.29, 0.717) is 5.41 Å². The van der Waals surface area contributed by atoms with Gasteiger partial charge in [0.1, 0.15) is 0 Å². The molecule has 0 amide bonds. The Morgan fingerprint density at radius 2 is 1.85 bits per heavy atom. The largest absolute Gasteiger partial charge is 0.379 e. The van der Waals surface area contributed by atoms with E-state index in [1.807, 2.05) is 0 Å². The molecule has 0 aliphatic carbocycles. The van der Waals surface area contributed by atoms with E-state index >= 15 is 0 Å². The van der Waals surface area contributed by atoms with Gasteiger partial charge in [0.15, 0.2) is 0 Å². The molecule has 0 saturated carbocycles. The second kappa shape index (κ2) is 4.40. The quantitative estimate of drug-likeness (QED) is 0.570. The van der Waals surface area contributed by atoms with Crippen molar-refractivity contribution < 1.29 is 4.74 Å². The van der Waals surface area contributed by atoms with E-state index in [0.717, 1.165) is 32.8 Å². The molecule has 1 unspecified atom stereocenters. The van der Waals surface area contributed by atoms with Crippen molar-refractivity contribution in [3.8, 4) is 0 Å². The third-order valence-corrected chi connectivity index (χ3v) is 3.14. The molecule has 3 nitrogen and oxygen atoms in total. The lowest BCUT2D eigenvalue weighted by molar-refractivity contribution is 0.0663. The van der Waals surface area contributed by atoms with Crippen LogP contribution >= 0.6 is 0 Å². The van der Waals surface area contributed by atoms with Gasteiger partial charge in [0.2, 0.25) is 0 Å². The zero-order valence-electron chi connectivity index (χ0n) is 8.27. The smallest absolute Gasteiger partial charge is 0.0591 e. The molecule has 13 heavy (non-hydrogen) atoms. The lowest BCUT2D eigenvalue weighted by Gasteiger charge is -2.30. The van der Waals surface area contributed by atoms with Crippen LogP contribution in [0.4, 0.5) is 0 Å². The Hall–Kier alpha value is -0.120. The summed E-state index contributed by atoms with van der Waals surface area (Å²) in [6.45, 7) is 6.26. The van der Waals surface area contributed by atoms with E-state index in [4.69, 9.17) is 4.74 Å². The molecule has 2 rings (SSSR count). The lowest BCUT2D eigenvalue weighted by atomic mass is 9.84. The minimum Gasteiger partial charge on any atom is -0.379 e. The van der Waals surface area contributed by atoms with Crippen LogP contribution in [0.2, 0.25) is 0 Å². The summed E-state index contributed by atoms with van der Waals surface area (Å²) in [5.74, 6) is 0. The van der Waals surface area contributed by atoms with Gasteiger partial charge in [0, 0.05) is 25.0 Å². The summed E-state index contributed by atoms with van der Waals surface area (Å²) in [4.78, 5) is 0. The SMILES string of the molecule is C1CCC2(CNC1)CNCCOC2. The standard InChI is InChI=1S/C10H20N2O/c1-2-4-11-7-10(3-1)8-12-5-6-13-9-10/h11-12H,1-9H2. The zero-order valence-corrected chi connectivity index (χ0v) is 8.27. The summed E-state index contributed by atoms with van der Waals surface area (Å²) >= 11 is 0. The van der Waals surface area contributed by atoms with Gasteiger partial charge in [-0.15, -0.1) is 0 Å². The molecule has 0 aromatic carbocycles. The number of hydrogen-bond acceptors (Lipinski definition) is 3. The van der Waals surface area contributed by atoms with E-state index in [-0.39, 0.29) is 0 Å². The van der Waals surface area contributed by atoms with Crippen LogP contribution in [-0.2, 0) is 4.74 Å². The summed E-state index contributed by atoms with van der Waals surface area (Å²) in [5.41, 5.74) is 0.382. The number of rotatable bonds is 0. The maximum absolute atomic E-state index is 5.64. The Morgan fingerprint density at radius 1 is 1.00 bits per heavy atom. The van der Waals surface area contributed by atoms with Crippen molar-refractivity contribution in [1.82, 2.24) is 10.6 Å². The first-order valence-electron chi connectivity index (χ1n) is 5.41. The molecule has 3 heteroatoms. The topological polar surface area (TPSA) is 33.3 Å². The third kappa shape index (κ3) is 2.42. The molecular weight excluding hydrogens is 164 g/mol. The predicted octanol–water partition coefficient (Wildman–Crippen LogP) is 0.366. The normalized spacial score (nSPS) is 36.9. The molecular formula is C10H20N2O. The number of nitrogens with one attached hydrogen (secondary N) is 2. The lowest BCUT2D eigenvalue weighted by Crippen LogP contribution is -2.42. The molecule has 2 heterocycles. The maximum atomic E-state index is 5.64. The summed E-state index contributed by atoms with van der Waals surface area (Å²) < 4.78 is 5.64. The van der Waals surface area contributed by atoms with Crippen molar-refractivity contribution in [3.63, 3.8) is 0 Å². The predicted molar refractivity (Wildman–Crippen MR) is 52.8 cm³/mol. The van der Waals surface area contributed by atoms with Gasteiger partial charge in [-0.1, -0.05) is 6.42 Å². The van der Waals surface area contributed by atoms with Gasteiger partial charge in [-0.25, -0.2) is 0 Å². The van der Waals surface area contributed by atoms with Crippen LogP contribution in [0.5, 0.6) is 0 Å². The van der Waals surface area contributed by atoms with Crippen molar-refractivity contribution in [2.45, 2.75) is 19.3 Å². The van der Waals surface area contributed by atoms with Crippen LogP contribution in [0.1, 0.15) is 19.3 Å². The first kappa shape index (κ1) is 9.44. The minimum absolute atomic E-state index is 0.382. The second-order valence-corrected chi connectivity index (χ2v) is 4.36. The van der Waals surface area contributed by atoms with Crippen LogP contribution in [0.15, 0.2) is 0 Å². The van der Waals surface area contributed by atoms with E-state index in [2.05, 4.69) is 10.6 Å². The number of ether oxygens (including phenoxy) is 1. The zero-order chi connectivity index (χ0) is 8.99. The van der Waals surface area contributed by atoms with Gasteiger partial charge in [-0.2, -0.15) is 0 Å². The molecule has 2 fully saturated rings. The Labute approximate surface area is 80.2 Å². The molecule has 1 spiro atoms. The van der Waals surface area contributed by atoms with Crippen molar-refractivity contribution in [2.75, 3.05) is 39.4 Å². The second-order valence-electron chi connectivity index (χ2n) is 4.36. The Bertz CT molecular complexity index is 123. The van der Waals surface area contributed by atoms with Gasteiger partial charge in [0.25, 0.3) is 0 Å². The molecule has 0 aromatic rings. The van der Waals surface area contributed by atoms with Crippen LogP contribution < -0.4 is 10.6 Å². The average molecular weight is 184 g/mol. The van der Waals surface area contributed by atoms with E-state index in [1.165, 1.54) is 25.8 Å². The molecule has 1 atom stereocenters. The molecule has 0 radical (unpaired) electrons. The van der Waals surface area contributed by atoms with Gasteiger partial charge < -0.3 is 15.4 Å². The average Bonchev–Trinajstić information content (AvgIpc) is 2.50. The minimum atomic E-state index is 0.382. The van der Waals surface area contributed by atoms with Gasteiger partial charge in [-0.3, -0.25) is 0 Å². The highest BCUT2D eigenvalue weighted by Gasteiger charge is 2.32. The molecule has 76 valence electrons. The van der Waals surface area contributed by atoms with Crippen molar-refractivity contribution in [2.24, 2.45) is 5.41 Å². The van der Waals surface area contributed by atoms with Crippen molar-refractivity contribution >= 4 is 0 Å². The molecule has 0 aromatic heterocycles. The summed E-state index contributed by atoms with van der Waals surface area (Å²) in [6, 6.07) is 0. The van der Waals surface area contributed by atoms with Gasteiger partial charge in [-0.05, 0) is 19.4 Å². The van der Waals surface area contributed by atoms with Gasteiger partial charge in [0.05, 0.1) is 13.2 Å². The third-order valence-electron chi connectivity index (χ3n) is 3.14. The molecule has 2 aliphatic heterocycles. The van der Waals surface area contributed by atoms with E-state index < -0.39 is 0 Å². The summed E-state index contributed by atoms with van der Waals surface area (Å²) in [5, 5.41) is 6.99. The molecule has 0 bridgehead atoms. The fraction of sp³-hybridized carbons (Fsp3) is 1.00. The van der Waals surface area contributed by atoms with Crippen LogP contribution in [0, 0.1) is 5.41 Å². The Morgan fingerprint density at radius 3 is 2.77 bits per heavy atom. The van der Waals surface area contributed by atoms with Crippen LogP contribution in [0.3, 0.4) is 0 Å². The summed E-state index contributed by atoms with van der Waals surface area (Å²) in [7, 11) is 0. The van der Waals surface area contributed by atoms with E-state index in [1.54, 1.807) is 0 Å². The monoisotopic (exact) mass is 184 g/mol. The van der Waals surface area contributed by atoms with Crippen molar-refractivity contribution in [3.05, 3.63) is 0 Å². The first-order chi connectivity index (χ1) is 6.41. The molecule has 2 N–H and O–H groups in total. The highest BCUT2D eigenvalue weighted by atomic mass is 16.5. The van der Waals surface area contributed by atoms with Crippen molar-refractivity contribution in [1.29, 1.82) is 0 Å².